The van der Waals surface area contributed by atoms with Crippen molar-refractivity contribution < 1.29 is 14.2 Å². The van der Waals surface area contributed by atoms with E-state index >= 15 is 0 Å². The van der Waals surface area contributed by atoms with Crippen LogP contribution in [-0.4, -0.2) is 76.8 Å². The van der Waals surface area contributed by atoms with Gasteiger partial charge in [-0.05, 0) is 12.8 Å². The number of hydrogen-bond acceptors (Lipinski definition) is 7. The van der Waals surface area contributed by atoms with Crippen molar-refractivity contribution in [3.63, 3.8) is 0 Å². The van der Waals surface area contributed by atoms with Crippen molar-refractivity contribution in [3.05, 3.63) is 11.7 Å². The van der Waals surface area contributed by atoms with Crippen LogP contribution < -0.4 is 0 Å². The van der Waals surface area contributed by atoms with Crippen LogP contribution in [0.15, 0.2) is 4.52 Å². The third-order valence-electron chi connectivity index (χ3n) is 4.31. The summed E-state index contributed by atoms with van der Waals surface area (Å²) in [7, 11) is 0. The van der Waals surface area contributed by atoms with Crippen LogP contribution in [-0.2, 0) is 16.2 Å². The van der Waals surface area contributed by atoms with Crippen LogP contribution in [0.1, 0.15) is 31.0 Å². The minimum absolute atomic E-state index is 0.217. The highest BCUT2D eigenvalue weighted by Gasteiger charge is 2.23. The van der Waals surface area contributed by atoms with Gasteiger partial charge in [-0.1, -0.05) is 5.16 Å². The molecule has 1 amide bonds. The number of rotatable bonds is 5. The number of aromatic nitrogens is 2. The zero-order valence-electron chi connectivity index (χ0n) is 13.7. The predicted octanol–water partition coefficient (Wildman–Crippen LogP) is 0.440. The largest absolute Gasteiger partial charge is 0.340 e. The topological polar surface area (TPSA) is 74.9 Å². The van der Waals surface area contributed by atoms with Crippen molar-refractivity contribution in [2.24, 2.45) is 0 Å². The lowest BCUT2D eigenvalue weighted by Crippen LogP contribution is -2.49. The molecule has 2 aliphatic heterocycles. The molecule has 0 spiro atoms. The smallest absolute Gasteiger partial charge is 0.224 e. The van der Waals surface area contributed by atoms with Crippen molar-refractivity contribution >= 4 is 5.91 Å². The minimum Gasteiger partial charge on any atom is -0.340 e. The Kier molecular flexibility index (Phi) is 5.58. The van der Waals surface area contributed by atoms with Gasteiger partial charge >= 0.3 is 0 Å². The van der Waals surface area contributed by atoms with Gasteiger partial charge in [-0.25, -0.2) is 0 Å². The first-order valence-electron chi connectivity index (χ1n) is 8.38. The molecule has 2 saturated heterocycles. The summed E-state index contributed by atoms with van der Waals surface area (Å²) >= 11 is 0. The standard InChI is InChI=1S/C15H25N5O3/c1-13-16-14(17-23-13)12-18-7-9-19(10-8-18)15(21)4-6-20-5-2-3-11-22-20/h2-12H2,1H3. The molecular formula is C15H25N5O3. The number of nitrogens with zero attached hydrogens (tertiary/aromatic N) is 5. The summed E-state index contributed by atoms with van der Waals surface area (Å²) < 4.78 is 4.99. The average molecular weight is 323 g/mol. The lowest BCUT2D eigenvalue weighted by molar-refractivity contribution is -0.182. The van der Waals surface area contributed by atoms with Gasteiger partial charge in [0.25, 0.3) is 0 Å². The summed E-state index contributed by atoms with van der Waals surface area (Å²) in [6.45, 7) is 8.10. The normalized spacial score (nSPS) is 20.8. The molecule has 0 radical (unpaired) electrons. The van der Waals surface area contributed by atoms with E-state index in [1.165, 1.54) is 0 Å². The number of piperazine rings is 1. The Morgan fingerprint density at radius 2 is 2.00 bits per heavy atom. The molecule has 0 atom stereocenters. The SMILES string of the molecule is Cc1nc(CN2CCN(C(=O)CCN3CCCCO3)CC2)no1. The van der Waals surface area contributed by atoms with Crippen molar-refractivity contribution in [1.29, 1.82) is 0 Å². The van der Waals surface area contributed by atoms with Crippen LogP contribution in [0.3, 0.4) is 0 Å². The second-order valence-electron chi connectivity index (χ2n) is 6.11. The molecule has 23 heavy (non-hydrogen) atoms. The van der Waals surface area contributed by atoms with Crippen LogP contribution in [0.4, 0.5) is 0 Å². The molecule has 2 aliphatic rings. The van der Waals surface area contributed by atoms with Crippen LogP contribution in [0, 0.1) is 6.92 Å². The van der Waals surface area contributed by atoms with Gasteiger partial charge in [-0.3, -0.25) is 14.5 Å². The summed E-state index contributed by atoms with van der Waals surface area (Å²) in [4.78, 5) is 26.2. The van der Waals surface area contributed by atoms with E-state index in [9.17, 15) is 4.79 Å². The Hall–Kier alpha value is -1.51. The Bertz CT molecular complexity index is 507. The van der Waals surface area contributed by atoms with E-state index in [4.69, 9.17) is 9.36 Å². The van der Waals surface area contributed by atoms with Crippen molar-refractivity contribution in [1.82, 2.24) is 25.0 Å². The summed E-state index contributed by atoms with van der Waals surface area (Å²) in [5.41, 5.74) is 0. The first kappa shape index (κ1) is 16.4. The fourth-order valence-corrected chi connectivity index (χ4v) is 2.96. The number of carbonyl (C=O) groups excluding carboxylic acids is 1. The second kappa shape index (κ2) is 7.85. The van der Waals surface area contributed by atoms with Crippen LogP contribution in [0.25, 0.3) is 0 Å². The number of hydrogen-bond donors (Lipinski definition) is 0. The molecule has 0 bridgehead atoms. The molecule has 2 fully saturated rings. The number of carbonyl (C=O) groups is 1. The highest BCUT2D eigenvalue weighted by Crippen LogP contribution is 2.10. The number of aryl methyl sites for hydroxylation is 1. The molecule has 0 aliphatic carbocycles. The lowest BCUT2D eigenvalue weighted by atomic mass is 10.2. The highest BCUT2D eigenvalue weighted by atomic mass is 16.7. The van der Waals surface area contributed by atoms with Gasteiger partial charge in [-0.15, -0.1) is 0 Å². The van der Waals surface area contributed by atoms with E-state index in [0.717, 1.165) is 52.2 Å². The predicted molar refractivity (Wildman–Crippen MR) is 82.3 cm³/mol. The van der Waals surface area contributed by atoms with Gasteiger partial charge in [0.05, 0.1) is 13.2 Å². The van der Waals surface area contributed by atoms with E-state index in [2.05, 4.69) is 15.0 Å². The van der Waals surface area contributed by atoms with Gasteiger partial charge in [0.1, 0.15) is 0 Å². The second-order valence-corrected chi connectivity index (χ2v) is 6.11. The fourth-order valence-electron chi connectivity index (χ4n) is 2.96. The maximum Gasteiger partial charge on any atom is 0.224 e. The summed E-state index contributed by atoms with van der Waals surface area (Å²) in [6, 6.07) is 0. The monoisotopic (exact) mass is 323 g/mol. The van der Waals surface area contributed by atoms with E-state index in [1.54, 1.807) is 6.92 Å². The highest BCUT2D eigenvalue weighted by molar-refractivity contribution is 5.76. The summed E-state index contributed by atoms with van der Waals surface area (Å²) in [5, 5.41) is 5.84. The molecule has 3 heterocycles. The zero-order valence-corrected chi connectivity index (χ0v) is 13.7. The first-order chi connectivity index (χ1) is 11.2. The Morgan fingerprint density at radius 3 is 2.65 bits per heavy atom. The molecule has 3 rings (SSSR count). The Labute approximate surface area is 136 Å². The van der Waals surface area contributed by atoms with E-state index in [0.29, 0.717) is 31.2 Å². The molecule has 0 unspecified atom stereocenters. The van der Waals surface area contributed by atoms with E-state index in [1.807, 2.05) is 9.96 Å². The maximum atomic E-state index is 12.3. The first-order valence-corrected chi connectivity index (χ1v) is 8.38. The fraction of sp³-hybridized carbons (Fsp3) is 0.800. The molecule has 1 aromatic rings. The molecule has 8 nitrogen and oxygen atoms in total. The molecule has 1 aromatic heterocycles. The Morgan fingerprint density at radius 1 is 1.17 bits per heavy atom. The molecule has 0 aromatic carbocycles. The van der Waals surface area contributed by atoms with Crippen LogP contribution in [0.2, 0.25) is 0 Å². The Balaban J connectivity index is 1.37. The molecule has 0 saturated carbocycles. The van der Waals surface area contributed by atoms with Crippen molar-refractivity contribution in [2.75, 3.05) is 45.9 Å². The zero-order chi connectivity index (χ0) is 16.1. The van der Waals surface area contributed by atoms with Crippen LogP contribution >= 0.6 is 0 Å². The summed E-state index contributed by atoms with van der Waals surface area (Å²) in [5.74, 6) is 1.52. The van der Waals surface area contributed by atoms with Gasteiger partial charge in [0.2, 0.25) is 11.8 Å². The molecule has 8 heteroatoms. The lowest BCUT2D eigenvalue weighted by Gasteiger charge is -2.34. The minimum atomic E-state index is 0.217. The number of hydroxylamine groups is 2. The summed E-state index contributed by atoms with van der Waals surface area (Å²) in [6.07, 6.45) is 2.80. The third-order valence-corrected chi connectivity index (χ3v) is 4.31. The van der Waals surface area contributed by atoms with Crippen molar-refractivity contribution in [2.45, 2.75) is 32.7 Å². The van der Waals surface area contributed by atoms with Crippen molar-refractivity contribution in [3.8, 4) is 0 Å². The third kappa shape index (κ3) is 4.73. The maximum absolute atomic E-state index is 12.3. The van der Waals surface area contributed by atoms with Crippen LogP contribution in [0.5, 0.6) is 0 Å². The van der Waals surface area contributed by atoms with Gasteiger partial charge in [0, 0.05) is 52.6 Å². The van der Waals surface area contributed by atoms with E-state index < -0.39 is 0 Å². The average Bonchev–Trinajstić information content (AvgIpc) is 2.99. The van der Waals surface area contributed by atoms with E-state index in [-0.39, 0.29) is 5.91 Å². The number of amides is 1. The molecule has 128 valence electrons. The molecular weight excluding hydrogens is 298 g/mol. The quantitative estimate of drug-likeness (QED) is 0.778. The van der Waals surface area contributed by atoms with Gasteiger partial charge < -0.3 is 9.42 Å². The molecule has 0 N–H and O–H groups in total. The van der Waals surface area contributed by atoms with Gasteiger partial charge in [0.15, 0.2) is 5.82 Å². The van der Waals surface area contributed by atoms with Gasteiger partial charge in [-0.2, -0.15) is 10.0 Å².